The smallest absolute Gasteiger partial charge is 0.265 e. The zero-order chi connectivity index (χ0) is 13.9. The first-order chi connectivity index (χ1) is 9.74. The Hall–Kier alpha value is -1.53. The number of amides is 1. The van der Waals surface area contributed by atoms with Crippen molar-refractivity contribution in [2.45, 2.75) is 13.3 Å². The predicted octanol–water partition coefficient (Wildman–Crippen LogP) is 2.86. The van der Waals surface area contributed by atoms with Crippen LogP contribution in [0.2, 0.25) is 0 Å². The van der Waals surface area contributed by atoms with E-state index in [-0.39, 0.29) is 5.91 Å². The number of hydrogen-bond acceptors (Lipinski definition) is 5. The lowest BCUT2D eigenvalue weighted by Crippen LogP contribution is -2.26. The number of fused-ring (bicyclic) bond motifs is 1. The zero-order valence-corrected chi connectivity index (χ0v) is 12.7. The number of thiophene rings is 2. The van der Waals surface area contributed by atoms with Crippen LogP contribution < -0.4 is 14.8 Å². The van der Waals surface area contributed by atoms with E-state index in [4.69, 9.17) is 9.47 Å². The molecule has 0 saturated heterocycles. The molecule has 2 aromatic heterocycles. The van der Waals surface area contributed by atoms with Gasteiger partial charge in [-0.2, -0.15) is 0 Å². The second-order valence-corrected chi connectivity index (χ2v) is 6.73. The van der Waals surface area contributed by atoms with Crippen molar-refractivity contribution >= 4 is 28.6 Å². The first kappa shape index (κ1) is 13.5. The van der Waals surface area contributed by atoms with Crippen LogP contribution in [0.15, 0.2) is 17.5 Å². The zero-order valence-electron chi connectivity index (χ0n) is 11.1. The van der Waals surface area contributed by atoms with Gasteiger partial charge in [0.25, 0.3) is 5.91 Å². The SMILES string of the molecule is Cc1ccc(CCNC(=O)c2scc3c2OCCO3)s1. The van der Waals surface area contributed by atoms with Crippen molar-refractivity contribution in [1.82, 2.24) is 5.32 Å². The molecule has 0 radical (unpaired) electrons. The van der Waals surface area contributed by atoms with Gasteiger partial charge in [-0.1, -0.05) is 0 Å². The second kappa shape index (κ2) is 5.85. The number of hydrogen-bond donors (Lipinski definition) is 1. The van der Waals surface area contributed by atoms with Gasteiger partial charge < -0.3 is 14.8 Å². The fourth-order valence-electron chi connectivity index (χ4n) is 2.02. The van der Waals surface area contributed by atoms with Crippen LogP contribution in [0.3, 0.4) is 0 Å². The maximum absolute atomic E-state index is 12.1. The summed E-state index contributed by atoms with van der Waals surface area (Å²) in [5.74, 6) is 1.18. The van der Waals surface area contributed by atoms with Gasteiger partial charge in [-0.05, 0) is 25.5 Å². The lowest BCUT2D eigenvalue weighted by Gasteiger charge is -2.15. The Balaban J connectivity index is 1.58. The first-order valence-corrected chi connectivity index (χ1v) is 8.14. The summed E-state index contributed by atoms with van der Waals surface area (Å²) in [6.07, 6.45) is 0.856. The molecule has 0 unspecified atom stereocenters. The molecule has 1 aliphatic rings. The van der Waals surface area contributed by atoms with Gasteiger partial charge in [0.1, 0.15) is 18.1 Å². The average molecular weight is 309 g/mol. The van der Waals surface area contributed by atoms with Crippen molar-refractivity contribution in [3.8, 4) is 11.5 Å². The molecule has 0 fully saturated rings. The monoisotopic (exact) mass is 309 g/mol. The maximum Gasteiger partial charge on any atom is 0.265 e. The molecule has 3 heterocycles. The molecular formula is C14H15NO3S2. The van der Waals surface area contributed by atoms with E-state index in [1.54, 1.807) is 11.3 Å². The second-order valence-electron chi connectivity index (χ2n) is 4.47. The van der Waals surface area contributed by atoms with E-state index in [9.17, 15) is 4.79 Å². The van der Waals surface area contributed by atoms with Crippen LogP contribution in [-0.2, 0) is 6.42 Å². The van der Waals surface area contributed by atoms with Crippen LogP contribution >= 0.6 is 22.7 Å². The molecule has 0 saturated carbocycles. The molecule has 0 aliphatic carbocycles. The number of carbonyl (C=O) groups is 1. The molecule has 3 rings (SSSR count). The van der Waals surface area contributed by atoms with E-state index in [0.717, 1.165) is 6.42 Å². The summed E-state index contributed by atoms with van der Waals surface area (Å²) in [6.45, 7) is 3.76. The van der Waals surface area contributed by atoms with Gasteiger partial charge in [-0.15, -0.1) is 22.7 Å². The number of ether oxygens (including phenoxy) is 2. The van der Waals surface area contributed by atoms with Crippen molar-refractivity contribution in [3.63, 3.8) is 0 Å². The third-order valence-corrected chi connectivity index (χ3v) is 4.96. The Morgan fingerprint density at radius 3 is 3.00 bits per heavy atom. The van der Waals surface area contributed by atoms with Crippen LogP contribution in [-0.4, -0.2) is 25.7 Å². The minimum Gasteiger partial charge on any atom is -0.485 e. The van der Waals surface area contributed by atoms with E-state index < -0.39 is 0 Å². The van der Waals surface area contributed by atoms with Crippen molar-refractivity contribution < 1.29 is 14.3 Å². The third-order valence-electron chi connectivity index (χ3n) is 2.96. The summed E-state index contributed by atoms with van der Waals surface area (Å²) in [5.41, 5.74) is 0. The molecule has 4 nitrogen and oxygen atoms in total. The first-order valence-electron chi connectivity index (χ1n) is 6.44. The molecule has 0 aromatic carbocycles. The molecule has 20 heavy (non-hydrogen) atoms. The van der Waals surface area contributed by atoms with Crippen molar-refractivity contribution in [1.29, 1.82) is 0 Å². The molecule has 0 atom stereocenters. The minimum atomic E-state index is -0.0879. The Kier molecular flexibility index (Phi) is 3.93. The van der Waals surface area contributed by atoms with Crippen LogP contribution in [0, 0.1) is 6.92 Å². The minimum absolute atomic E-state index is 0.0879. The molecule has 0 spiro atoms. The number of aryl methyl sites for hydroxylation is 1. The largest absolute Gasteiger partial charge is 0.485 e. The molecule has 6 heteroatoms. The van der Waals surface area contributed by atoms with Gasteiger partial charge in [0, 0.05) is 21.7 Å². The highest BCUT2D eigenvalue weighted by Gasteiger charge is 2.23. The Bertz CT molecular complexity index is 618. The van der Waals surface area contributed by atoms with Gasteiger partial charge in [-0.25, -0.2) is 0 Å². The van der Waals surface area contributed by atoms with Crippen LogP contribution in [0.25, 0.3) is 0 Å². The van der Waals surface area contributed by atoms with E-state index in [1.807, 2.05) is 5.38 Å². The maximum atomic E-state index is 12.1. The summed E-state index contributed by atoms with van der Waals surface area (Å²) in [7, 11) is 0. The summed E-state index contributed by atoms with van der Waals surface area (Å²) >= 11 is 3.13. The van der Waals surface area contributed by atoms with Crippen molar-refractivity contribution in [3.05, 3.63) is 32.1 Å². The van der Waals surface area contributed by atoms with E-state index in [0.29, 0.717) is 36.1 Å². The third kappa shape index (κ3) is 2.81. The Morgan fingerprint density at radius 1 is 1.35 bits per heavy atom. The summed E-state index contributed by atoms with van der Waals surface area (Å²) < 4.78 is 10.9. The molecule has 0 bridgehead atoms. The van der Waals surface area contributed by atoms with E-state index in [2.05, 4.69) is 24.4 Å². The normalized spacial score (nSPS) is 13.2. The summed E-state index contributed by atoms with van der Waals surface area (Å²) in [6, 6.07) is 4.21. The highest BCUT2D eigenvalue weighted by atomic mass is 32.1. The van der Waals surface area contributed by atoms with Gasteiger partial charge in [0.05, 0.1) is 0 Å². The van der Waals surface area contributed by atoms with Crippen LogP contribution in [0.5, 0.6) is 11.5 Å². The summed E-state index contributed by atoms with van der Waals surface area (Å²) in [5, 5.41) is 4.76. The highest BCUT2D eigenvalue weighted by Crippen LogP contribution is 2.39. The molecule has 1 N–H and O–H groups in total. The van der Waals surface area contributed by atoms with Crippen LogP contribution in [0.4, 0.5) is 0 Å². The molecule has 1 amide bonds. The van der Waals surface area contributed by atoms with Crippen molar-refractivity contribution in [2.24, 2.45) is 0 Å². The fraction of sp³-hybridized carbons (Fsp3) is 0.357. The van der Waals surface area contributed by atoms with Crippen LogP contribution in [0.1, 0.15) is 19.4 Å². The van der Waals surface area contributed by atoms with Gasteiger partial charge in [0.15, 0.2) is 11.5 Å². The standard InChI is InChI=1S/C14H15NO3S2/c1-9-2-3-10(20-9)4-5-15-14(16)13-12-11(8-19-13)17-6-7-18-12/h2-3,8H,4-7H2,1H3,(H,15,16). The highest BCUT2D eigenvalue weighted by molar-refractivity contribution is 7.12. The quantitative estimate of drug-likeness (QED) is 0.944. The number of rotatable bonds is 4. The molecular weight excluding hydrogens is 294 g/mol. The number of carbonyl (C=O) groups excluding carboxylic acids is 1. The van der Waals surface area contributed by atoms with Gasteiger partial charge in [0.2, 0.25) is 0 Å². The molecule has 2 aromatic rings. The molecule has 1 aliphatic heterocycles. The lowest BCUT2D eigenvalue weighted by molar-refractivity contribution is 0.0949. The predicted molar refractivity (Wildman–Crippen MR) is 80.4 cm³/mol. The van der Waals surface area contributed by atoms with E-state index in [1.165, 1.54) is 21.1 Å². The van der Waals surface area contributed by atoms with Gasteiger partial charge in [-0.3, -0.25) is 4.79 Å². The lowest BCUT2D eigenvalue weighted by atomic mass is 10.3. The topological polar surface area (TPSA) is 47.6 Å². The van der Waals surface area contributed by atoms with Crippen molar-refractivity contribution in [2.75, 3.05) is 19.8 Å². The fourth-order valence-corrected chi connectivity index (χ4v) is 3.75. The molecule has 106 valence electrons. The number of nitrogens with one attached hydrogen (secondary N) is 1. The summed E-state index contributed by atoms with van der Waals surface area (Å²) in [4.78, 5) is 15.3. The average Bonchev–Trinajstić information content (AvgIpc) is 3.05. The Labute approximate surface area is 125 Å². The van der Waals surface area contributed by atoms with Gasteiger partial charge >= 0.3 is 0 Å². The Morgan fingerprint density at radius 2 is 2.20 bits per heavy atom. The van der Waals surface area contributed by atoms with E-state index >= 15 is 0 Å².